The zero-order chi connectivity index (χ0) is 35.6. The van der Waals surface area contributed by atoms with Gasteiger partial charge in [-0.15, -0.1) is 0 Å². The topological polar surface area (TPSA) is 182 Å². The van der Waals surface area contributed by atoms with Crippen LogP contribution in [0.2, 0.25) is 0 Å². The summed E-state index contributed by atoms with van der Waals surface area (Å²) >= 11 is 0. The molecule has 2 aliphatic rings. The molecule has 0 bridgehead atoms. The minimum Gasteiger partial charge on any atom is -0.480 e. The number of carboxylic acid groups (broad SMARTS) is 2. The van der Waals surface area contributed by atoms with E-state index in [1.54, 1.807) is 0 Å². The van der Waals surface area contributed by atoms with Crippen molar-refractivity contribution in [2.45, 2.75) is 5.92 Å². The fraction of sp³-hybridized carbons (Fsp3) is 0.543. The summed E-state index contributed by atoms with van der Waals surface area (Å²) in [6.07, 6.45) is -0.498. The molecule has 1 fully saturated rings. The van der Waals surface area contributed by atoms with E-state index in [4.69, 9.17) is 14.2 Å². The standard InChI is InChI=1S/C35H50N6O9/c42-32(23-41-17-15-39(24-33(43)44)13-9-36-10-14-40(16-18-41)25-34(45)46)37-11-19-48-21-22-49-20-12-38-35(47)50-26-31-29-7-3-1-5-27(29)28-6-2-4-8-30(28)31/h1-8,31,36H,9-26H2,(H,37,42)(H,38,47)(H,43,44)(H,45,46). The van der Waals surface area contributed by atoms with Crippen LogP contribution in [-0.2, 0) is 28.6 Å². The van der Waals surface area contributed by atoms with Crippen molar-refractivity contribution in [1.29, 1.82) is 0 Å². The number of alkyl carbamates (subject to hydrolysis) is 1. The summed E-state index contributed by atoms with van der Waals surface area (Å²) in [6, 6.07) is 16.3. The van der Waals surface area contributed by atoms with Gasteiger partial charge in [0.1, 0.15) is 6.61 Å². The van der Waals surface area contributed by atoms with Gasteiger partial charge in [-0.25, -0.2) is 4.79 Å². The van der Waals surface area contributed by atoms with Crippen molar-refractivity contribution in [2.24, 2.45) is 0 Å². The summed E-state index contributed by atoms with van der Waals surface area (Å²) < 4.78 is 16.6. The normalized spacial score (nSPS) is 16.4. The number of benzene rings is 2. The van der Waals surface area contributed by atoms with Gasteiger partial charge in [-0.1, -0.05) is 48.5 Å². The van der Waals surface area contributed by atoms with Crippen molar-refractivity contribution in [1.82, 2.24) is 30.7 Å². The minimum absolute atomic E-state index is 0.000452. The van der Waals surface area contributed by atoms with Crippen LogP contribution in [0.1, 0.15) is 17.0 Å². The Kier molecular flexibility index (Phi) is 16.4. The third-order valence-electron chi connectivity index (χ3n) is 8.56. The van der Waals surface area contributed by atoms with Crippen molar-refractivity contribution < 1.29 is 43.6 Å². The Morgan fingerprint density at radius 2 is 1.14 bits per heavy atom. The third kappa shape index (κ3) is 13.3. The van der Waals surface area contributed by atoms with Crippen molar-refractivity contribution in [3.63, 3.8) is 0 Å². The molecule has 0 radical (unpaired) electrons. The molecule has 50 heavy (non-hydrogen) atoms. The van der Waals surface area contributed by atoms with Crippen LogP contribution in [0.5, 0.6) is 0 Å². The molecule has 0 atom stereocenters. The number of hydrogen-bond acceptors (Lipinski definition) is 11. The summed E-state index contributed by atoms with van der Waals surface area (Å²) in [4.78, 5) is 53.2. The van der Waals surface area contributed by atoms with Crippen LogP contribution < -0.4 is 16.0 Å². The van der Waals surface area contributed by atoms with E-state index in [1.807, 2.05) is 39.0 Å². The summed E-state index contributed by atoms with van der Waals surface area (Å²) in [5.74, 6) is -2.03. The molecule has 15 nitrogen and oxygen atoms in total. The fourth-order valence-corrected chi connectivity index (χ4v) is 6.08. The first-order valence-electron chi connectivity index (χ1n) is 17.1. The van der Waals surface area contributed by atoms with Gasteiger partial charge in [-0.3, -0.25) is 29.1 Å². The van der Waals surface area contributed by atoms with Crippen molar-refractivity contribution in [3.05, 3.63) is 59.7 Å². The van der Waals surface area contributed by atoms with Crippen molar-refractivity contribution >= 4 is 23.9 Å². The highest BCUT2D eigenvalue weighted by atomic mass is 16.6. The molecule has 2 amide bonds. The molecule has 0 unspecified atom stereocenters. The van der Waals surface area contributed by atoms with Gasteiger partial charge in [0.15, 0.2) is 0 Å². The Bertz CT molecular complexity index is 1320. The predicted molar refractivity (Wildman–Crippen MR) is 185 cm³/mol. The molecule has 274 valence electrons. The number of ether oxygens (including phenoxy) is 3. The number of aliphatic carboxylic acids is 2. The number of carboxylic acids is 2. The lowest BCUT2D eigenvalue weighted by molar-refractivity contribution is -0.139. The highest BCUT2D eigenvalue weighted by Crippen LogP contribution is 2.44. The smallest absolute Gasteiger partial charge is 0.407 e. The van der Waals surface area contributed by atoms with E-state index in [0.29, 0.717) is 91.9 Å². The van der Waals surface area contributed by atoms with E-state index < -0.39 is 18.0 Å². The van der Waals surface area contributed by atoms with Crippen LogP contribution in [0.25, 0.3) is 11.1 Å². The van der Waals surface area contributed by atoms with Crippen LogP contribution in [0.4, 0.5) is 4.79 Å². The summed E-state index contributed by atoms with van der Waals surface area (Å²) in [5.41, 5.74) is 4.66. The molecule has 2 aromatic carbocycles. The lowest BCUT2D eigenvalue weighted by atomic mass is 9.98. The van der Waals surface area contributed by atoms with Gasteiger partial charge in [0.2, 0.25) is 5.91 Å². The molecule has 0 aromatic heterocycles. The maximum Gasteiger partial charge on any atom is 0.407 e. The molecular weight excluding hydrogens is 648 g/mol. The Morgan fingerprint density at radius 3 is 1.66 bits per heavy atom. The SMILES string of the molecule is O=C(O)CN1CCNCCN(CC(=O)O)CCN(CC(=O)NCCOCCOCCNC(=O)OCC2c3ccccc3-c3ccccc32)CC1. The van der Waals surface area contributed by atoms with Gasteiger partial charge in [-0.05, 0) is 22.3 Å². The van der Waals surface area contributed by atoms with Gasteiger partial charge in [-0.2, -0.15) is 0 Å². The first-order valence-corrected chi connectivity index (χ1v) is 17.1. The second kappa shape index (κ2) is 21.2. The number of rotatable bonds is 17. The molecule has 0 saturated carbocycles. The molecule has 1 heterocycles. The number of fused-ring (bicyclic) bond motifs is 3. The van der Waals surface area contributed by atoms with Crippen molar-refractivity contribution in [2.75, 3.05) is 118 Å². The average molecular weight is 699 g/mol. The predicted octanol–water partition coefficient (Wildman–Crippen LogP) is 0.353. The quantitative estimate of drug-likeness (QED) is 0.143. The van der Waals surface area contributed by atoms with Crippen LogP contribution in [-0.4, -0.2) is 167 Å². The highest BCUT2D eigenvalue weighted by Gasteiger charge is 2.29. The van der Waals surface area contributed by atoms with E-state index >= 15 is 0 Å². The van der Waals surface area contributed by atoms with Gasteiger partial charge >= 0.3 is 18.0 Å². The van der Waals surface area contributed by atoms with Gasteiger partial charge in [0.05, 0.1) is 46.1 Å². The molecular formula is C35H50N6O9. The first kappa shape index (κ1) is 38.7. The Hall–Kier alpha value is -4.12. The number of nitrogens with one attached hydrogen (secondary N) is 3. The third-order valence-corrected chi connectivity index (χ3v) is 8.56. The van der Waals surface area contributed by atoms with E-state index in [2.05, 4.69) is 40.2 Å². The lowest BCUT2D eigenvalue weighted by Crippen LogP contribution is -2.48. The molecule has 1 aliphatic heterocycles. The van der Waals surface area contributed by atoms with Gasteiger partial charge in [0.25, 0.3) is 0 Å². The monoisotopic (exact) mass is 698 g/mol. The lowest BCUT2D eigenvalue weighted by Gasteiger charge is -2.30. The van der Waals surface area contributed by atoms with Crippen LogP contribution >= 0.6 is 0 Å². The Labute approximate surface area is 292 Å². The number of nitrogens with zero attached hydrogens (tertiary/aromatic N) is 3. The maximum absolute atomic E-state index is 12.7. The number of carbonyl (C=O) groups is 4. The second-order valence-corrected chi connectivity index (χ2v) is 12.2. The molecule has 1 saturated heterocycles. The van der Waals surface area contributed by atoms with E-state index in [0.717, 1.165) is 11.1 Å². The molecule has 4 rings (SSSR count). The van der Waals surface area contributed by atoms with E-state index in [1.165, 1.54) is 11.1 Å². The largest absolute Gasteiger partial charge is 0.480 e. The Morgan fingerprint density at radius 1 is 0.660 bits per heavy atom. The van der Waals surface area contributed by atoms with Crippen LogP contribution in [0, 0.1) is 0 Å². The molecule has 0 spiro atoms. The summed E-state index contributed by atoms with van der Waals surface area (Å²) in [5, 5.41) is 27.3. The van der Waals surface area contributed by atoms with E-state index in [-0.39, 0.29) is 38.1 Å². The van der Waals surface area contributed by atoms with Crippen LogP contribution in [0.3, 0.4) is 0 Å². The zero-order valence-corrected chi connectivity index (χ0v) is 28.5. The first-order chi connectivity index (χ1) is 24.3. The summed E-state index contributed by atoms with van der Waals surface area (Å²) in [7, 11) is 0. The van der Waals surface area contributed by atoms with E-state index in [9.17, 15) is 29.4 Å². The highest BCUT2D eigenvalue weighted by molar-refractivity contribution is 5.79. The molecule has 15 heteroatoms. The molecule has 1 aliphatic carbocycles. The minimum atomic E-state index is -0.912. The van der Waals surface area contributed by atoms with Gasteiger partial charge in [0, 0.05) is 71.4 Å². The number of carbonyl (C=O) groups excluding carboxylic acids is 2. The molecule has 5 N–H and O–H groups in total. The number of amides is 2. The average Bonchev–Trinajstić information content (AvgIpc) is 3.41. The zero-order valence-electron chi connectivity index (χ0n) is 28.5. The maximum atomic E-state index is 12.7. The Balaban J connectivity index is 1.05. The van der Waals surface area contributed by atoms with Crippen LogP contribution in [0.15, 0.2) is 48.5 Å². The number of hydrogen-bond donors (Lipinski definition) is 5. The summed E-state index contributed by atoms with van der Waals surface area (Å²) in [6.45, 7) is 6.06. The second-order valence-electron chi connectivity index (χ2n) is 12.2. The van der Waals surface area contributed by atoms with Crippen molar-refractivity contribution in [3.8, 4) is 11.1 Å². The fourth-order valence-electron chi connectivity index (χ4n) is 6.08. The van der Waals surface area contributed by atoms with Gasteiger partial charge < -0.3 is 40.4 Å². The molecule has 2 aromatic rings.